The highest BCUT2D eigenvalue weighted by molar-refractivity contribution is 7.90. The molecule has 0 saturated carbocycles. The van der Waals surface area contributed by atoms with Crippen molar-refractivity contribution in [2.24, 2.45) is 0 Å². The Morgan fingerprint density at radius 1 is 1.05 bits per heavy atom. The van der Waals surface area contributed by atoms with Crippen molar-refractivity contribution >= 4 is 15.5 Å². The van der Waals surface area contributed by atoms with Crippen LogP contribution in [0.3, 0.4) is 0 Å². The van der Waals surface area contributed by atoms with Gasteiger partial charge in [-0.1, -0.05) is 12.1 Å². The molecule has 2 atom stereocenters. The lowest BCUT2D eigenvalue weighted by molar-refractivity contribution is 0.160. The molecule has 0 amide bonds. The number of rotatable bonds is 5. The summed E-state index contributed by atoms with van der Waals surface area (Å²) in [7, 11) is -3.22. The number of benzene rings is 2. The van der Waals surface area contributed by atoms with Crippen molar-refractivity contribution in [3.05, 3.63) is 59.9 Å². The Labute approximate surface area is 129 Å². The molecule has 2 aromatic carbocycles. The first-order valence-corrected chi connectivity index (χ1v) is 8.67. The van der Waals surface area contributed by atoms with E-state index in [1.165, 1.54) is 36.4 Å². The van der Waals surface area contributed by atoms with Gasteiger partial charge in [0.15, 0.2) is 9.84 Å². The minimum atomic E-state index is -3.22. The van der Waals surface area contributed by atoms with Crippen molar-refractivity contribution in [1.29, 1.82) is 0 Å². The van der Waals surface area contributed by atoms with Crippen molar-refractivity contribution in [1.82, 2.24) is 0 Å². The van der Waals surface area contributed by atoms with Crippen LogP contribution in [0.2, 0.25) is 0 Å². The van der Waals surface area contributed by atoms with Crippen LogP contribution in [0.4, 0.5) is 10.1 Å². The molecule has 0 aromatic heterocycles. The number of nitrogens with one attached hydrogen (secondary N) is 1. The molecular weight excluding hydrogens is 305 g/mol. The van der Waals surface area contributed by atoms with Gasteiger partial charge in [0.2, 0.25) is 0 Å². The topological polar surface area (TPSA) is 66.4 Å². The number of hydrogen-bond acceptors (Lipinski definition) is 4. The summed E-state index contributed by atoms with van der Waals surface area (Å²) in [4.78, 5) is 0.241. The highest BCUT2D eigenvalue weighted by Crippen LogP contribution is 2.21. The number of anilines is 1. The number of hydrogen-bond donors (Lipinski definition) is 2. The minimum absolute atomic E-state index is 0.241. The predicted molar refractivity (Wildman–Crippen MR) is 84.0 cm³/mol. The van der Waals surface area contributed by atoms with E-state index < -0.39 is 15.9 Å². The zero-order valence-electron chi connectivity index (χ0n) is 12.3. The van der Waals surface area contributed by atoms with Crippen LogP contribution in [0.5, 0.6) is 0 Å². The maximum atomic E-state index is 12.9. The van der Waals surface area contributed by atoms with E-state index in [2.05, 4.69) is 5.32 Å². The van der Waals surface area contributed by atoms with Crippen LogP contribution in [0.25, 0.3) is 0 Å². The van der Waals surface area contributed by atoms with Crippen LogP contribution in [0.15, 0.2) is 53.4 Å². The SMILES string of the molecule is CC(Nc1ccc(S(C)(=O)=O)cc1)C(O)c1ccc(F)cc1. The van der Waals surface area contributed by atoms with Gasteiger partial charge in [0.25, 0.3) is 0 Å². The van der Waals surface area contributed by atoms with Gasteiger partial charge in [0.1, 0.15) is 5.82 Å². The monoisotopic (exact) mass is 323 g/mol. The molecule has 6 heteroatoms. The Hall–Kier alpha value is -1.92. The molecule has 0 radical (unpaired) electrons. The highest BCUT2D eigenvalue weighted by Gasteiger charge is 2.16. The summed E-state index contributed by atoms with van der Waals surface area (Å²) in [5.41, 5.74) is 1.30. The third kappa shape index (κ3) is 4.05. The lowest BCUT2D eigenvalue weighted by Crippen LogP contribution is -2.24. The predicted octanol–water partition coefficient (Wildman–Crippen LogP) is 2.76. The summed E-state index contributed by atoms with van der Waals surface area (Å²) in [6, 6.07) is 11.6. The van der Waals surface area contributed by atoms with Crippen LogP contribution >= 0.6 is 0 Å². The summed E-state index contributed by atoms with van der Waals surface area (Å²) in [5, 5.41) is 13.3. The van der Waals surface area contributed by atoms with E-state index in [1.807, 2.05) is 0 Å². The third-order valence-corrected chi connectivity index (χ3v) is 4.49. The average Bonchev–Trinajstić information content (AvgIpc) is 2.47. The molecule has 2 aromatic rings. The number of aliphatic hydroxyl groups excluding tert-OH is 1. The Morgan fingerprint density at radius 2 is 1.59 bits per heavy atom. The molecule has 2 N–H and O–H groups in total. The summed E-state index contributed by atoms with van der Waals surface area (Å²) < 4.78 is 35.7. The van der Waals surface area contributed by atoms with Crippen molar-refractivity contribution in [3.63, 3.8) is 0 Å². The number of sulfone groups is 1. The maximum Gasteiger partial charge on any atom is 0.175 e. The standard InChI is InChI=1S/C16H18FNO3S/c1-11(16(19)12-3-5-13(17)6-4-12)18-14-7-9-15(10-8-14)22(2,20)21/h3-11,16,18-19H,1-2H3. The molecular formula is C16H18FNO3S. The van der Waals surface area contributed by atoms with Gasteiger partial charge >= 0.3 is 0 Å². The van der Waals surface area contributed by atoms with E-state index >= 15 is 0 Å². The fraction of sp³-hybridized carbons (Fsp3) is 0.250. The lowest BCUT2D eigenvalue weighted by atomic mass is 10.0. The first kappa shape index (κ1) is 16.5. The van der Waals surface area contributed by atoms with Gasteiger partial charge in [-0.15, -0.1) is 0 Å². The molecule has 0 heterocycles. The summed E-state index contributed by atoms with van der Waals surface area (Å²) in [5.74, 6) is -0.354. The normalized spacial score (nSPS) is 14.4. The van der Waals surface area contributed by atoms with Crippen LogP contribution in [-0.4, -0.2) is 25.8 Å². The zero-order valence-corrected chi connectivity index (χ0v) is 13.1. The van der Waals surface area contributed by atoms with E-state index in [1.54, 1.807) is 19.1 Å². The molecule has 2 unspecified atom stereocenters. The molecule has 0 aliphatic rings. The number of aliphatic hydroxyl groups is 1. The second kappa shape index (κ2) is 6.46. The smallest absolute Gasteiger partial charge is 0.175 e. The maximum absolute atomic E-state index is 12.9. The zero-order chi connectivity index (χ0) is 16.3. The van der Waals surface area contributed by atoms with Gasteiger partial charge in [-0.25, -0.2) is 12.8 Å². The van der Waals surface area contributed by atoms with E-state index in [0.29, 0.717) is 11.3 Å². The van der Waals surface area contributed by atoms with E-state index in [-0.39, 0.29) is 16.8 Å². The highest BCUT2D eigenvalue weighted by atomic mass is 32.2. The molecule has 22 heavy (non-hydrogen) atoms. The summed E-state index contributed by atoms with van der Waals surface area (Å²) >= 11 is 0. The van der Waals surface area contributed by atoms with Crippen molar-refractivity contribution in [3.8, 4) is 0 Å². The van der Waals surface area contributed by atoms with Crippen LogP contribution in [0, 0.1) is 5.82 Å². The minimum Gasteiger partial charge on any atom is -0.386 e. The van der Waals surface area contributed by atoms with Gasteiger partial charge in [-0.05, 0) is 48.9 Å². The molecule has 0 spiro atoms. The molecule has 0 saturated heterocycles. The van der Waals surface area contributed by atoms with E-state index in [4.69, 9.17) is 0 Å². The second-order valence-electron chi connectivity index (χ2n) is 5.23. The fourth-order valence-electron chi connectivity index (χ4n) is 2.09. The Kier molecular flexibility index (Phi) is 4.83. The Balaban J connectivity index is 2.08. The Bertz CT molecular complexity index is 727. The van der Waals surface area contributed by atoms with Gasteiger partial charge in [-0.3, -0.25) is 0 Å². The third-order valence-electron chi connectivity index (χ3n) is 3.36. The molecule has 0 fully saturated rings. The van der Waals surface area contributed by atoms with E-state index in [0.717, 1.165) is 6.26 Å². The quantitative estimate of drug-likeness (QED) is 0.888. The van der Waals surface area contributed by atoms with Gasteiger partial charge in [0.05, 0.1) is 17.0 Å². The Morgan fingerprint density at radius 3 is 2.09 bits per heavy atom. The van der Waals surface area contributed by atoms with Crippen molar-refractivity contribution < 1.29 is 17.9 Å². The van der Waals surface area contributed by atoms with Crippen LogP contribution in [0.1, 0.15) is 18.6 Å². The first-order chi connectivity index (χ1) is 10.3. The summed E-state index contributed by atoms with van der Waals surface area (Å²) in [6.45, 7) is 1.79. The molecule has 118 valence electrons. The van der Waals surface area contributed by atoms with Crippen molar-refractivity contribution in [2.75, 3.05) is 11.6 Å². The largest absolute Gasteiger partial charge is 0.386 e. The second-order valence-corrected chi connectivity index (χ2v) is 7.24. The molecule has 4 nitrogen and oxygen atoms in total. The van der Waals surface area contributed by atoms with Gasteiger partial charge in [-0.2, -0.15) is 0 Å². The van der Waals surface area contributed by atoms with Crippen LogP contribution in [-0.2, 0) is 9.84 Å². The molecule has 0 aliphatic heterocycles. The average molecular weight is 323 g/mol. The molecule has 2 rings (SSSR count). The summed E-state index contributed by atoms with van der Waals surface area (Å²) in [6.07, 6.45) is 0.339. The van der Waals surface area contributed by atoms with Crippen LogP contribution < -0.4 is 5.32 Å². The molecule has 0 bridgehead atoms. The fourth-order valence-corrected chi connectivity index (χ4v) is 2.72. The van der Waals surface area contributed by atoms with Crippen molar-refractivity contribution in [2.45, 2.75) is 24.0 Å². The van der Waals surface area contributed by atoms with E-state index in [9.17, 15) is 17.9 Å². The lowest BCUT2D eigenvalue weighted by Gasteiger charge is -2.21. The number of halogens is 1. The first-order valence-electron chi connectivity index (χ1n) is 6.77. The van der Waals surface area contributed by atoms with Gasteiger partial charge in [0, 0.05) is 11.9 Å². The molecule has 0 aliphatic carbocycles. The van der Waals surface area contributed by atoms with Gasteiger partial charge < -0.3 is 10.4 Å².